The van der Waals surface area contributed by atoms with Gasteiger partial charge in [0.1, 0.15) is 22.2 Å². The molecule has 29 heavy (non-hydrogen) atoms. The van der Waals surface area contributed by atoms with Gasteiger partial charge in [0.05, 0.1) is 6.61 Å². The summed E-state index contributed by atoms with van der Waals surface area (Å²) in [6.07, 6.45) is 0. The van der Waals surface area contributed by atoms with Crippen LogP contribution in [0.1, 0.15) is 29.8 Å². The molecule has 0 radical (unpaired) electrons. The smallest absolute Gasteiger partial charge is 0.341 e. The normalized spacial score (nSPS) is 11.3. The van der Waals surface area contributed by atoms with E-state index in [0.29, 0.717) is 21.7 Å². The molecule has 7 heteroatoms. The minimum Gasteiger partial charge on any atom is -0.462 e. The number of carbonyl (C=O) groups excluding carboxylic acids is 2. The highest BCUT2D eigenvalue weighted by Crippen LogP contribution is 2.38. The molecule has 0 unspecified atom stereocenters. The van der Waals surface area contributed by atoms with Gasteiger partial charge in [0, 0.05) is 15.8 Å². The van der Waals surface area contributed by atoms with Gasteiger partial charge in [-0.05, 0) is 36.4 Å². The Labute approximate surface area is 176 Å². The second-order valence-electron chi connectivity index (χ2n) is 5.98. The van der Waals surface area contributed by atoms with Gasteiger partial charge in [0.25, 0.3) is 5.91 Å². The highest BCUT2D eigenvalue weighted by atomic mass is 32.1. The van der Waals surface area contributed by atoms with E-state index in [9.17, 15) is 14.9 Å². The molecule has 0 spiro atoms. The maximum atomic E-state index is 12.9. The third-order valence-corrected chi connectivity index (χ3v) is 6.00. The maximum Gasteiger partial charge on any atom is 0.341 e. The van der Waals surface area contributed by atoms with Crippen molar-refractivity contribution in [3.05, 3.63) is 69.9 Å². The summed E-state index contributed by atoms with van der Waals surface area (Å²) in [5.74, 6) is -1.06. The Bertz CT molecular complexity index is 1090. The monoisotopic (exact) mass is 422 g/mol. The fraction of sp³-hybridized carbons (Fsp3) is 0.136. The van der Waals surface area contributed by atoms with Crippen LogP contribution in [0, 0.1) is 11.3 Å². The molecule has 1 aromatic carbocycles. The summed E-state index contributed by atoms with van der Waals surface area (Å²) < 4.78 is 5.19. The van der Waals surface area contributed by atoms with Crippen molar-refractivity contribution in [3.8, 4) is 16.5 Å². The number of benzene rings is 1. The fourth-order valence-electron chi connectivity index (χ4n) is 2.77. The maximum absolute atomic E-state index is 12.9. The van der Waals surface area contributed by atoms with Gasteiger partial charge >= 0.3 is 5.97 Å². The van der Waals surface area contributed by atoms with Crippen LogP contribution >= 0.6 is 22.7 Å². The number of hydrogen-bond donors (Lipinski definition) is 1. The first kappa shape index (κ1) is 20.5. The molecular weight excluding hydrogens is 404 g/mol. The number of nitrogens with one attached hydrogen (secondary N) is 1. The molecule has 0 aliphatic carbocycles. The van der Waals surface area contributed by atoms with Gasteiger partial charge in [-0.3, -0.25) is 4.79 Å². The molecule has 0 fully saturated rings. The van der Waals surface area contributed by atoms with Crippen LogP contribution in [0.25, 0.3) is 16.0 Å². The average Bonchev–Trinajstić information content (AvgIpc) is 3.39. The summed E-state index contributed by atoms with van der Waals surface area (Å²) >= 11 is 2.73. The summed E-state index contributed by atoms with van der Waals surface area (Å²) in [7, 11) is 0. The minimum atomic E-state index is -0.556. The Hall–Kier alpha value is -3.21. The first-order valence-electron chi connectivity index (χ1n) is 8.87. The van der Waals surface area contributed by atoms with E-state index in [1.54, 1.807) is 13.8 Å². The predicted octanol–water partition coefficient (Wildman–Crippen LogP) is 5.59. The van der Waals surface area contributed by atoms with Crippen LogP contribution in [0.5, 0.6) is 0 Å². The number of nitrogens with zero attached hydrogens (tertiary/aromatic N) is 1. The van der Waals surface area contributed by atoms with Crippen molar-refractivity contribution >= 4 is 45.1 Å². The van der Waals surface area contributed by atoms with Crippen LogP contribution in [-0.2, 0) is 9.53 Å². The molecule has 0 bridgehead atoms. The van der Waals surface area contributed by atoms with Gasteiger partial charge in [-0.15, -0.1) is 22.7 Å². The van der Waals surface area contributed by atoms with E-state index in [2.05, 4.69) is 5.32 Å². The number of hydrogen-bond acceptors (Lipinski definition) is 6. The fourth-order valence-corrected chi connectivity index (χ4v) is 4.54. The first-order chi connectivity index (χ1) is 14.1. The number of esters is 1. The Kier molecular flexibility index (Phi) is 6.60. The van der Waals surface area contributed by atoms with Crippen LogP contribution in [-0.4, -0.2) is 18.5 Å². The van der Waals surface area contributed by atoms with Crippen LogP contribution in [0.3, 0.4) is 0 Å². The number of carbonyl (C=O) groups is 2. The SMILES string of the molecule is CCOC(=O)c1c(-c2cccs2)csc1NC(=O)C(C#N)=C(C)c1ccccc1. The number of anilines is 1. The molecule has 2 aromatic heterocycles. The van der Waals surface area contributed by atoms with Gasteiger partial charge in [-0.25, -0.2) is 4.79 Å². The van der Waals surface area contributed by atoms with Crippen molar-refractivity contribution in [1.82, 2.24) is 0 Å². The molecule has 5 nitrogen and oxygen atoms in total. The summed E-state index contributed by atoms with van der Waals surface area (Å²) in [6, 6.07) is 15.0. The molecule has 0 aliphatic heterocycles. The van der Waals surface area contributed by atoms with E-state index in [4.69, 9.17) is 4.74 Å². The van der Waals surface area contributed by atoms with Gasteiger partial charge in [-0.2, -0.15) is 5.26 Å². The molecular formula is C22H18N2O3S2. The summed E-state index contributed by atoms with van der Waals surface area (Å²) in [5, 5.41) is 16.4. The molecule has 1 N–H and O–H groups in total. The molecule has 1 amide bonds. The van der Waals surface area contributed by atoms with Crippen molar-refractivity contribution in [2.24, 2.45) is 0 Å². The van der Waals surface area contributed by atoms with E-state index in [0.717, 1.165) is 10.4 Å². The molecule has 3 rings (SSSR count). The number of nitriles is 1. The van der Waals surface area contributed by atoms with Gasteiger partial charge in [0.15, 0.2) is 0 Å². The number of thiophene rings is 2. The van der Waals surface area contributed by atoms with Gasteiger partial charge < -0.3 is 10.1 Å². The molecule has 2 heterocycles. The Balaban J connectivity index is 1.98. The molecule has 146 valence electrons. The number of ether oxygens (including phenoxy) is 1. The quantitative estimate of drug-likeness (QED) is 0.319. The van der Waals surface area contributed by atoms with Crippen molar-refractivity contribution in [2.75, 3.05) is 11.9 Å². The zero-order valence-corrected chi connectivity index (χ0v) is 17.5. The lowest BCUT2D eigenvalue weighted by Crippen LogP contribution is -2.16. The third-order valence-electron chi connectivity index (χ3n) is 4.20. The van der Waals surface area contributed by atoms with Crippen LogP contribution in [0.15, 0.2) is 58.8 Å². The van der Waals surface area contributed by atoms with Crippen LogP contribution in [0.2, 0.25) is 0 Å². The highest BCUT2D eigenvalue weighted by molar-refractivity contribution is 7.17. The van der Waals surface area contributed by atoms with E-state index in [-0.39, 0.29) is 12.2 Å². The number of amides is 1. The van der Waals surface area contributed by atoms with Crippen molar-refractivity contribution in [1.29, 1.82) is 5.26 Å². The molecule has 0 atom stereocenters. The van der Waals surface area contributed by atoms with E-state index >= 15 is 0 Å². The van der Waals surface area contributed by atoms with Gasteiger partial charge in [0.2, 0.25) is 0 Å². The van der Waals surface area contributed by atoms with Crippen LogP contribution in [0.4, 0.5) is 5.00 Å². The average molecular weight is 423 g/mol. The Morgan fingerprint density at radius 3 is 2.52 bits per heavy atom. The topological polar surface area (TPSA) is 79.2 Å². The number of allylic oxidation sites excluding steroid dienone is 1. The lowest BCUT2D eigenvalue weighted by Gasteiger charge is -2.09. The lowest BCUT2D eigenvalue weighted by atomic mass is 10.0. The second kappa shape index (κ2) is 9.32. The van der Waals surface area contributed by atoms with E-state index < -0.39 is 11.9 Å². The van der Waals surface area contributed by atoms with Crippen molar-refractivity contribution in [2.45, 2.75) is 13.8 Å². The van der Waals surface area contributed by atoms with Crippen molar-refractivity contribution < 1.29 is 14.3 Å². The van der Waals surface area contributed by atoms with E-state index in [1.807, 2.05) is 59.3 Å². The molecule has 0 aliphatic rings. The highest BCUT2D eigenvalue weighted by Gasteiger charge is 2.24. The third kappa shape index (κ3) is 4.45. The zero-order valence-electron chi connectivity index (χ0n) is 15.9. The lowest BCUT2D eigenvalue weighted by molar-refractivity contribution is -0.112. The standard InChI is InChI=1S/C22H18N2O3S2/c1-3-27-22(26)19-17(18-10-7-11-28-18)13-29-21(19)24-20(25)16(12-23)14(2)15-8-5-4-6-9-15/h4-11,13H,3H2,1-2H3,(H,24,25). The summed E-state index contributed by atoms with van der Waals surface area (Å²) in [4.78, 5) is 26.3. The van der Waals surface area contributed by atoms with Gasteiger partial charge in [-0.1, -0.05) is 36.4 Å². The molecule has 0 saturated carbocycles. The first-order valence-corrected chi connectivity index (χ1v) is 10.6. The van der Waals surface area contributed by atoms with Crippen molar-refractivity contribution in [3.63, 3.8) is 0 Å². The summed E-state index contributed by atoms with van der Waals surface area (Å²) in [6.45, 7) is 3.68. The zero-order chi connectivity index (χ0) is 20.8. The number of rotatable bonds is 6. The minimum absolute atomic E-state index is 0.00270. The largest absolute Gasteiger partial charge is 0.462 e. The Morgan fingerprint density at radius 1 is 1.14 bits per heavy atom. The van der Waals surface area contributed by atoms with E-state index in [1.165, 1.54) is 22.7 Å². The molecule has 3 aromatic rings. The predicted molar refractivity (Wildman–Crippen MR) is 117 cm³/mol. The molecule has 0 saturated heterocycles. The Morgan fingerprint density at radius 2 is 1.90 bits per heavy atom. The summed E-state index contributed by atoms with van der Waals surface area (Å²) in [5.41, 5.74) is 2.37. The van der Waals surface area contributed by atoms with Crippen LogP contribution < -0.4 is 5.32 Å². The second-order valence-corrected chi connectivity index (χ2v) is 7.81.